The third kappa shape index (κ3) is 10.3. The topological polar surface area (TPSA) is 64.3 Å². The molecule has 0 saturated carbocycles. The Morgan fingerprint density at radius 1 is 0.875 bits per heavy atom. The summed E-state index contributed by atoms with van der Waals surface area (Å²) in [4.78, 5) is 12.4. The maximum Gasteiger partial charge on any atom is 0.220 e. The molecular formula is C20H42N2O2. The standard InChI is InChI=1S/C20H42N2O2/c1-17(2,11-18(3,4)13-21)10-16(23)22-14-19(5,6)12-20(7,8)15-24-9/h10-15,21H2,1-9H3,(H,22,23). The van der Waals surface area contributed by atoms with Crippen molar-refractivity contribution in [1.29, 1.82) is 0 Å². The molecule has 0 unspecified atom stereocenters. The Kier molecular flexibility index (Phi) is 8.44. The van der Waals surface area contributed by atoms with Gasteiger partial charge in [0, 0.05) is 20.1 Å². The summed E-state index contributed by atoms with van der Waals surface area (Å²) < 4.78 is 5.30. The molecule has 0 saturated heterocycles. The minimum absolute atomic E-state index is 0.0400. The first kappa shape index (κ1) is 23.4. The number of methoxy groups -OCH3 is 1. The van der Waals surface area contributed by atoms with E-state index in [2.05, 4.69) is 60.7 Å². The van der Waals surface area contributed by atoms with Crippen molar-refractivity contribution in [2.45, 2.75) is 74.7 Å². The lowest BCUT2D eigenvalue weighted by Gasteiger charge is -2.36. The maximum atomic E-state index is 12.4. The lowest BCUT2D eigenvalue weighted by molar-refractivity contribution is -0.124. The number of carbonyl (C=O) groups is 1. The summed E-state index contributed by atoms with van der Waals surface area (Å²) in [6, 6.07) is 0. The second kappa shape index (κ2) is 8.66. The average molecular weight is 343 g/mol. The van der Waals surface area contributed by atoms with Crippen molar-refractivity contribution >= 4 is 5.91 Å². The van der Waals surface area contributed by atoms with Gasteiger partial charge in [0.2, 0.25) is 5.91 Å². The second-order valence-electron chi connectivity index (χ2n) is 10.6. The molecular weight excluding hydrogens is 300 g/mol. The highest BCUT2D eigenvalue weighted by Gasteiger charge is 2.32. The van der Waals surface area contributed by atoms with E-state index in [1.807, 2.05) is 0 Å². The highest BCUT2D eigenvalue weighted by Crippen LogP contribution is 2.36. The molecule has 1 amide bonds. The SMILES string of the molecule is COCC(C)(C)CC(C)(C)CNC(=O)CC(C)(C)CC(C)(C)CN. The summed E-state index contributed by atoms with van der Waals surface area (Å²) in [5.41, 5.74) is 5.99. The Balaban J connectivity index is 4.52. The molecule has 0 aromatic carbocycles. The Hall–Kier alpha value is -0.610. The van der Waals surface area contributed by atoms with Gasteiger partial charge in [0.05, 0.1) is 6.61 Å². The molecule has 0 rings (SSSR count). The first-order chi connectivity index (χ1) is 10.6. The van der Waals surface area contributed by atoms with Crippen LogP contribution in [-0.2, 0) is 9.53 Å². The highest BCUT2D eigenvalue weighted by atomic mass is 16.5. The van der Waals surface area contributed by atoms with Crippen LogP contribution in [0.2, 0.25) is 0 Å². The molecule has 0 bridgehead atoms. The number of ether oxygens (including phenoxy) is 1. The zero-order valence-electron chi connectivity index (χ0n) is 17.6. The van der Waals surface area contributed by atoms with E-state index < -0.39 is 0 Å². The Labute approximate surface area is 150 Å². The van der Waals surface area contributed by atoms with Crippen molar-refractivity contribution in [3.05, 3.63) is 0 Å². The van der Waals surface area contributed by atoms with Gasteiger partial charge in [-0.1, -0.05) is 55.4 Å². The van der Waals surface area contributed by atoms with E-state index in [0.29, 0.717) is 19.5 Å². The van der Waals surface area contributed by atoms with Gasteiger partial charge in [0.15, 0.2) is 0 Å². The molecule has 0 spiro atoms. The number of amides is 1. The van der Waals surface area contributed by atoms with Crippen molar-refractivity contribution in [2.75, 3.05) is 26.8 Å². The fourth-order valence-corrected chi connectivity index (χ4v) is 4.06. The van der Waals surface area contributed by atoms with Crippen LogP contribution in [0.1, 0.15) is 74.7 Å². The summed E-state index contributed by atoms with van der Waals surface area (Å²) in [7, 11) is 1.74. The average Bonchev–Trinajstić information content (AvgIpc) is 2.33. The van der Waals surface area contributed by atoms with Gasteiger partial charge in [-0.15, -0.1) is 0 Å². The van der Waals surface area contributed by atoms with Crippen LogP contribution in [0.15, 0.2) is 0 Å². The molecule has 3 N–H and O–H groups in total. The quantitative estimate of drug-likeness (QED) is 0.597. The van der Waals surface area contributed by atoms with Crippen molar-refractivity contribution in [3.8, 4) is 0 Å². The van der Waals surface area contributed by atoms with E-state index in [1.165, 1.54) is 0 Å². The van der Waals surface area contributed by atoms with Crippen LogP contribution < -0.4 is 11.1 Å². The van der Waals surface area contributed by atoms with Gasteiger partial charge in [-0.05, 0) is 41.0 Å². The highest BCUT2D eigenvalue weighted by molar-refractivity contribution is 5.76. The van der Waals surface area contributed by atoms with E-state index in [0.717, 1.165) is 19.4 Å². The van der Waals surface area contributed by atoms with Gasteiger partial charge in [0.1, 0.15) is 0 Å². The first-order valence-corrected chi connectivity index (χ1v) is 9.09. The molecule has 4 heteroatoms. The molecule has 0 aliphatic carbocycles. The second-order valence-corrected chi connectivity index (χ2v) is 10.6. The Morgan fingerprint density at radius 3 is 1.83 bits per heavy atom. The van der Waals surface area contributed by atoms with E-state index in [4.69, 9.17) is 10.5 Å². The molecule has 0 aromatic rings. The van der Waals surface area contributed by atoms with Gasteiger partial charge in [-0.3, -0.25) is 4.79 Å². The van der Waals surface area contributed by atoms with Gasteiger partial charge >= 0.3 is 0 Å². The van der Waals surface area contributed by atoms with Crippen LogP contribution in [-0.4, -0.2) is 32.7 Å². The van der Waals surface area contributed by atoms with Crippen LogP contribution in [0.4, 0.5) is 0 Å². The minimum Gasteiger partial charge on any atom is -0.384 e. The fourth-order valence-electron chi connectivity index (χ4n) is 4.06. The van der Waals surface area contributed by atoms with Crippen LogP contribution in [0, 0.1) is 21.7 Å². The minimum atomic E-state index is -0.0492. The number of rotatable bonds is 11. The predicted molar refractivity (Wildman–Crippen MR) is 103 cm³/mol. The van der Waals surface area contributed by atoms with Crippen LogP contribution in [0.5, 0.6) is 0 Å². The molecule has 0 fully saturated rings. The van der Waals surface area contributed by atoms with Crippen LogP contribution in [0.25, 0.3) is 0 Å². The van der Waals surface area contributed by atoms with Gasteiger partial charge < -0.3 is 15.8 Å². The van der Waals surface area contributed by atoms with Crippen LogP contribution in [0.3, 0.4) is 0 Å². The summed E-state index contributed by atoms with van der Waals surface area (Å²) in [6.07, 6.45) is 2.47. The van der Waals surface area contributed by atoms with Crippen molar-refractivity contribution in [2.24, 2.45) is 27.4 Å². The molecule has 0 radical (unpaired) electrons. The number of hydrogen-bond donors (Lipinski definition) is 2. The summed E-state index contributed by atoms with van der Waals surface area (Å²) in [5, 5.41) is 3.14. The van der Waals surface area contributed by atoms with Crippen molar-refractivity contribution in [3.63, 3.8) is 0 Å². The number of nitrogens with two attached hydrogens (primary N) is 1. The summed E-state index contributed by atoms with van der Waals surface area (Å²) in [6.45, 7) is 19.5. The van der Waals surface area contributed by atoms with Gasteiger partial charge in [-0.25, -0.2) is 0 Å². The smallest absolute Gasteiger partial charge is 0.220 e. The molecule has 24 heavy (non-hydrogen) atoms. The Morgan fingerprint density at radius 2 is 1.38 bits per heavy atom. The summed E-state index contributed by atoms with van der Waals surface area (Å²) >= 11 is 0. The molecule has 144 valence electrons. The van der Waals surface area contributed by atoms with E-state index in [9.17, 15) is 4.79 Å². The largest absolute Gasteiger partial charge is 0.384 e. The maximum absolute atomic E-state index is 12.4. The number of hydrogen-bond acceptors (Lipinski definition) is 3. The van der Waals surface area contributed by atoms with Gasteiger partial charge in [0.25, 0.3) is 0 Å². The first-order valence-electron chi connectivity index (χ1n) is 9.09. The zero-order chi connectivity index (χ0) is 19.2. The monoisotopic (exact) mass is 342 g/mol. The lowest BCUT2D eigenvalue weighted by atomic mass is 9.73. The summed E-state index contributed by atoms with van der Waals surface area (Å²) in [5.74, 6) is 0.130. The molecule has 0 atom stereocenters. The number of nitrogens with one attached hydrogen (secondary N) is 1. The predicted octanol–water partition coefficient (Wildman–Crippen LogP) is 3.98. The van der Waals surface area contributed by atoms with Crippen LogP contribution >= 0.6 is 0 Å². The van der Waals surface area contributed by atoms with E-state index >= 15 is 0 Å². The molecule has 0 aromatic heterocycles. The van der Waals surface area contributed by atoms with Crippen molar-refractivity contribution < 1.29 is 9.53 Å². The Bertz CT molecular complexity index is 398. The van der Waals surface area contributed by atoms with E-state index in [1.54, 1.807) is 7.11 Å². The van der Waals surface area contributed by atoms with Crippen molar-refractivity contribution in [1.82, 2.24) is 5.32 Å². The van der Waals surface area contributed by atoms with E-state index in [-0.39, 0.29) is 27.6 Å². The third-order valence-corrected chi connectivity index (χ3v) is 4.41. The third-order valence-electron chi connectivity index (χ3n) is 4.41. The number of carbonyl (C=O) groups excluding carboxylic acids is 1. The zero-order valence-corrected chi connectivity index (χ0v) is 17.6. The molecule has 0 heterocycles. The normalized spacial score (nSPS) is 13.9. The van der Waals surface area contributed by atoms with Gasteiger partial charge in [-0.2, -0.15) is 0 Å². The lowest BCUT2D eigenvalue weighted by Crippen LogP contribution is -2.40. The molecule has 0 aliphatic heterocycles. The molecule has 0 aliphatic rings. The molecule has 4 nitrogen and oxygen atoms in total. The fraction of sp³-hybridized carbons (Fsp3) is 0.950.